The van der Waals surface area contributed by atoms with Crippen molar-refractivity contribution in [3.05, 3.63) is 92.4 Å². The molecule has 0 spiro atoms. The number of hydrogen-bond acceptors (Lipinski definition) is 3. The number of rotatable bonds is 13. The first-order chi connectivity index (χ1) is 17.5. The van der Waals surface area contributed by atoms with Gasteiger partial charge in [-0.25, -0.2) is 0 Å². The first kappa shape index (κ1) is 26.8. The molecule has 1 aliphatic rings. The van der Waals surface area contributed by atoms with E-state index in [2.05, 4.69) is 68.3 Å². The summed E-state index contributed by atoms with van der Waals surface area (Å²) in [7, 11) is 0. The highest BCUT2D eigenvalue weighted by molar-refractivity contribution is 9.10. The van der Waals surface area contributed by atoms with Gasteiger partial charge >= 0.3 is 0 Å². The van der Waals surface area contributed by atoms with E-state index in [-0.39, 0.29) is 5.78 Å². The Morgan fingerprint density at radius 2 is 1.39 bits per heavy atom. The lowest BCUT2D eigenvalue weighted by Gasteiger charge is -2.14. The molecule has 0 fully saturated rings. The van der Waals surface area contributed by atoms with Gasteiger partial charge < -0.3 is 9.84 Å². The SMILES string of the molecule is O=C(/C=C/c1ccc(OCCCCCCCCC2c3cc(Br)ccc3-c3ccc(Br)cc32)cc1)CO. The van der Waals surface area contributed by atoms with Crippen LogP contribution in [0.15, 0.2) is 75.7 Å². The summed E-state index contributed by atoms with van der Waals surface area (Å²) in [5, 5.41) is 8.76. The lowest BCUT2D eigenvalue weighted by atomic mass is 9.91. The second kappa shape index (κ2) is 13.4. The average molecular weight is 612 g/mol. The molecule has 0 unspecified atom stereocenters. The highest BCUT2D eigenvalue weighted by Crippen LogP contribution is 2.48. The van der Waals surface area contributed by atoms with E-state index >= 15 is 0 Å². The van der Waals surface area contributed by atoms with Gasteiger partial charge in [-0.3, -0.25) is 4.79 Å². The fourth-order valence-corrected chi connectivity index (χ4v) is 5.64. The van der Waals surface area contributed by atoms with Crippen LogP contribution in [0.5, 0.6) is 5.75 Å². The van der Waals surface area contributed by atoms with Crippen molar-refractivity contribution in [2.45, 2.75) is 50.9 Å². The van der Waals surface area contributed by atoms with Crippen molar-refractivity contribution in [2.24, 2.45) is 0 Å². The molecule has 4 rings (SSSR count). The molecule has 5 heteroatoms. The van der Waals surface area contributed by atoms with E-state index in [0.717, 1.165) is 33.3 Å². The maximum Gasteiger partial charge on any atom is 0.181 e. The molecule has 36 heavy (non-hydrogen) atoms. The standard InChI is InChI=1S/C31H32Br2O3/c32-23-11-16-28-29-17-12-24(33)20-31(29)27(30(28)19-23)7-5-3-1-2-4-6-18-36-26-14-9-22(10-15-26)8-13-25(35)21-34/h8-17,19-20,27,34H,1-7,18,21H2/b13-8+. The smallest absolute Gasteiger partial charge is 0.181 e. The van der Waals surface area contributed by atoms with Crippen LogP contribution in [0.25, 0.3) is 17.2 Å². The summed E-state index contributed by atoms with van der Waals surface area (Å²) in [5.74, 6) is 1.03. The van der Waals surface area contributed by atoms with Gasteiger partial charge in [0.05, 0.1) is 6.61 Å². The number of fused-ring (bicyclic) bond motifs is 3. The Kier molecular flexibility index (Phi) is 9.97. The molecule has 3 aromatic rings. The van der Waals surface area contributed by atoms with Gasteiger partial charge in [-0.05, 0) is 83.1 Å². The third-order valence-electron chi connectivity index (χ3n) is 6.72. The van der Waals surface area contributed by atoms with Crippen molar-refractivity contribution in [3.8, 4) is 16.9 Å². The van der Waals surface area contributed by atoms with Crippen molar-refractivity contribution in [1.29, 1.82) is 0 Å². The van der Waals surface area contributed by atoms with Crippen LogP contribution in [0.1, 0.15) is 67.6 Å². The molecule has 0 heterocycles. The first-order valence-electron chi connectivity index (χ1n) is 12.7. The Bertz CT molecular complexity index is 1150. The highest BCUT2D eigenvalue weighted by atomic mass is 79.9. The summed E-state index contributed by atoms with van der Waals surface area (Å²) in [6, 6.07) is 21.1. The number of unbranched alkanes of at least 4 members (excludes halogenated alkanes) is 5. The van der Waals surface area contributed by atoms with E-state index in [4.69, 9.17) is 9.84 Å². The van der Waals surface area contributed by atoms with Gasteiger partial charge in [0.2, 0.25) is 0 Å². The minimum atomic E-state index is -0.461. The Hall–Kier alpha value is -2.21. The molecule has 0 radical (unpaired) electrons. The Labute approximate surface area is 230 Å². The number of aliphatic hydroxyl groups is 1. The van der Waals surface area contributed by atoms with Crippen LogP contribution in [0.3, 0.4) is 0 Å². The monoisotopic (exact) mass is 610 g/mol. The van der Waals surface area contributed by atoms with Gasteiger partial charge in [-0.1, -0.05) is 94.3 Å². The quantitative estimate of drug-likeness (QED) is 0.155. The topological polar surface area (TPSA) is 46.5 Å². The molecule has 0 saturated heterocycles. The second-order valence-corrected chi connectivity index (χ2v) is 11.1. The second-order valence-electron chi connectivity index (χ2n) is 9.30. The Morgan fingerprint density at radius 1 is 0.806 bits per heavy atom. The maximum absolute atomic E-state index is 11.1. The van der Waals surface area contributed by atoms with Crippen LogP contribution in [0, 0.1) is 0 Å². The van der Waals surface area contributed by atoms with E-state index < -0.39 is 6.61 Å². The molecule has 0 saturated carbocycles. The zero-order valence-corrected chi connectivity index (χ0v) is 23.6. The van der Waals surface area contributed by atoms with E-state index in [1.807, 2.05) is 24.3 Å². The molecule has 0 amide bonds. The lowest BCUT2D eigenvalue weighted by Crippen LogP contribution is -1.98. The predicted molar refractivity (Wildman–Crippen MR) is 155 cm³/mol. The molecule has 0 aliphatic heterocycles. The molecule has 1 aliphatic carbocycles. The molecule has 1 N–H and O–H groups in total. The number of ether oxygens (including phenoxy) is 1. The zero-order valence-electron chi connectivity index (χ0n) is 20.4. The van der Waals surface area contributed by atoms with Crippen molar-refractivity contribution < 1.29 is 14.6 Å². The summed E-state index contributed by atoms with van der Waals surface area (Å²) in [5.41, 5.74) is 6.59. The third-order valence-corrected chi connectivity index (χ3v) is 7.71. The molecule has 188 valence electrons. The van der Waals surface area contributed by atoms with Crippen LogP contribution < -0.4 is 4.74 Å². The fraction of sp³-hybridized carbons (Fsp3) is 0.323. The van der Waals surface area contributed by atoms with Gasteiger partial charge in [0.1, 0.15) is 12.4 Å². The summed E-state index contributed by atoms with van der Waals surface area (Å²) < 4.78 is 8.16. The number of benzene rings is 3. The third kappa shape index (κ3) is 7.18. The van der Waals surface area contributed by atoms with Gasteiger partial charge in [0.25, 0.3) is 0 Å². The molecular formula is C31H32Br2O3. The minimum absolute atomic E-state index is 0.300. The number of carbonyl (C=O) groups is 1. The largest absolute Gasteiger partial charge is 0.494 e. The molecule has 0 atom stereocenters. The Balaban J connectivity index is 1.13. The number of hydrogen-bond donors (Lipinski definition) is 1. The normalized spacial score (nSPS) is 12.6. The van der Waals surface area contributed by atoms with Gasteiger partial charge in [-0.2, -0.15) is 0 Å². The van der Waals surface area contributed by atoms with Crippen molar-refractivity contribution in [1.82, 2.24) is 0 Å². The first-order valence-corrected chi connectivity index (χ1v) is 14.3. The van der Waals surface area contributed by atoms with Crippen molar-refractivity contribution in [2.75, 3.05) is 13.2 Å². The van der Waals surface area contributed by atoms with Crippen LogP contribution in [-0.2, 0) is 4.79 Å². The molecule has 3 nitrogen and oxygen atoms in total. The number of ketones is 1. The van der Waals surface area contributed by atoms with Gasteiger partial charge in [-0.15, -0.1) is 0 Å². The fourth-order valence-electron chi connectivity index (χ4n) is 4.88. The number of aliphatic hydroxyl groups excluding tert-OH is 1. The lowest BCUT2D eigenvalue weighted by molar-refractivity contribution is -0.117. The van der Waals surface area contributed by atoms with E-state index in [1.165, 1.54) is 66.9 Å². The van der Waals surface area contributed by atoms with Crippen molar-refractivity contribution >= 4 is 43.7 Å². The summed E-state index contributed by atoms with van der Waals surface area (Å²) in [6.07, 6.45) is 11.5. The van der Waals surface area contributed by atoms with Gasteiger partial charge in [0.15, 0.2) is 5.78 Å². The van der Waals surface area contributed by atoms with E-state index in [0.29, 0.717) is 5.92 Å². The van der Waals surface area contributed by atoms with Crippen LogP contribution >= 0.6 is 31.9 Å². The van der Waals surface area contributed by atoms with Gasteiger partial charge in [0, 0.05) is 14.9 Å². The molecule has 0 aromatic heterocycles. The molecule has 0 bridgehead atoms. The number of halogens is 2. The Morgan fingerprint density at radius 3 is 2.00 bits per heavy atom. The summed E-state index contributed by atoms with van der Waals surface area (Å²) in [6.45, 7) is 0.259. The molecular weight excluding hydrogens is 580 g/mol. The van der Waals surface area contributed by atoms with E-state index in [9.17, 15) is 4.79 Å². The maximum atomic E-state index is 11.1. The molecule has 3 aromatic carbocycles. The van der Waals surface area contributed by atoms with Crippen molar-refractivity contribution in [3.63, 3.8) is 0 Å². The predicted octanol–water partition coefficient (Wildman–Crippen LogP) is 8.71. The average Bonchev–Trinajstić information content (AvgIpc) is 3.18. The summed E-state index contributed by atoms with van der Waals surface area (Å²) in [4.78, 5) is 11.1. The zero-order chi connectivity index (χ0) is 25.3. The number of carbonyl (C=O) groups excluding carboxylic acids is 1. The van der Waals surface area contributed by atoms with E-state index in [1.54, 1.807) is 6.08 Å². The van der Waals surface area contributed by atoms with Crippen LogP contribution in [0.2, 0.25) is 0 Å². The van der Waals surface area contributed by atoms with Crippen LogP contribution in [0.4, 0.5) is 0 Å². The summed E-state index contributed by atoms with van der Waals surface area (Å²) >= 11 is 7.33. The van der Waals surface area contributed by atoms with Crippen LogP contribution in [-0.4, -0.2) is 24.1 Å². The minimum Gasteiger partial charge on any atom is -0.494 e. The highest BCUT2D eigenvalue weighted by Gasteiger charge is 2.28.